The molecule has 0 aliphatic heterocycles. The van der Waals surface area contributed by atoms with E-state index in [1.807, 2.05) is 19.1 Å². The van der Waals surface area contributed by atoms with Crippen molar-refractivity contribution in [1.82, 2.24) is 4.98 Å². The Bertz CT molecular complexity index is 603. The molecule has 1 unspecified atom stereocenters. The van der Waals surface area contributed by atoms with Gasteiger partial charge in [0.15, 0.2) is 5.75 Å². The van der Waals surface area contributed by atoms with Gasteiger partial charge in [-0.15, -0.1) is 0 Å². The van der Waals surface area contributed by atoms with Gasteiger partial charge < -0.3 is 10.5 Å². The number of aromatic nitrogens is 1. The van der Waals surface area contributed by atoms with E-state index < -0.39 is 0 Å². The number of hydrogen-bond donors (Lipinski definition) is 1. The average Bonchev–Trinajstić information content (AvgIpc) is 2.38. The van der Waals surface area contributed by atoms with E-state index in [2.05, 4.69) is 36.8 Å². The molecule has 2 N–H and O–H groups in total. The molecule has 3 nitrogen and oxygen atoms in total. The third-order valence-corrected chi connectivity index (χ3v) is 4.26. The van der Waals surface area contributed by atoms with E-state index in [1.54, 1.807) is 6.07 Å². The van der Waals surface area contributed by atoms with Crippen molar-refractivity contribution >= 4 is 54.4 Å². The average molecular weight is 409 g/mol. The SMILES string of the molecule is CCC(CN)Oc1c(Br)cc(Br)c2ccc(Cl)nc12. The van der Waals surface area contributed by atoms with Crippen LogP contribution in [0.2, 0.25) is 5.15 Å². The molecule has 0 radical (unpaired) electrons. The quantitative estimate of drug-likeness (QED) is 0.756. The predicted octanol–water partition coefficient (Wildman–Crippen LogP) is 4.53. The second-order valence-corrected chi connectivity index (χ2v) is 6.18. The third-order valence-electron chi connectivity index (χ3n) is 2.81. The molecule has 2 aromatic rings. The van der Waals surface area contributed by atoms with Crippen molar-refractivity contribution in [3.8, 4) is 5.75 Å². The van der Waals surface area contributed by atoms with Crippen molar-refractivity contribution in [2.45, 2.75) is 19.4 Å². The van der Waals surface area contributed by atoms with Gasteiger partial charge in [-0.2, -0.15) is 0 Å². The molecule has 0 amide bonds. The maximum atomic E-state index is 5.98. The summed E-state index contributed by atoms with van der Waals surface area (Å²) in [6.07, 6.45) is 0.794. The number of halogens is 3. The summed E-state index contributed by atoms with van der Waals surface area (Å²) in [5, 5.41) is 1.39. The Kier molecular flexibility index (Phi) is 5.06. The van der Waals surface area contributed by atoms with Gasteiger partial charge in [0, 0.05) is 16.4 Å². The number of nitrogens with two attached hydrogens (primary N) is 1. The van der Waals surface area contributed by atoms with E-state index in [9.17, 15) is 0 Å². The molecule has 0 saturated carbocycles. The second kappa shape index (κ2) is 6.39. The van der Waals surface area contributed by atoms with E-state index in [1.165, 1.54) is 0 Å². The Labute approximate surface area is 133 Å². The van der Waals surface area contributed by atoms with Crippen LogP contribution in [0.5, 0.6) is 5.75 Å². The van der Waals surface area contributed by atoms with Gasteiger partial charge in [-0.05, 0) is 40.5 Å². The molecule has 1 atom stereocenters. The highest BCUT2D eigenvalue weighted by molar-refractivity contribution is 9.11. The fourth-order valence-electron chi connectivity index (χ4n) is 1.75. The molecule has 1 aromatic heterocycles. The molecule has 2 rings (SSSR count). The number of pyridine rings is 1. The number of nitrogens with zero attached hydrogens (tertiary/aromatic N) is 1. The Morgan fingerprint density at radius 3 is 2.74 bits per heavy atom. The number of hydrogen-bond acceptors (Lipinski definition) is 3. The zero-order valence-corrected chi connectivity index (χ0v) is 14.2. The summed E-state index contributed by atoms with van der Waals surface area (Å²) in [6.45, 7) is 2.49. The van der Waals surface area contributed by atoms with Crippen molar-refractivity contribution in [2.24, 2.45) is 5.73 Å². The fourth-order valence-corrected chi connectivity index (χ4v) is 3.26. The molecule has 0 spiro atoms. The number of fused-ring (bicyclic) bond motifs is 1. The first kappa shape index (κ1) is 15.0. The van der Waals surface area contributed by atoms with Gasteiger partial charge >= 0.3 is 0 Å². The number of ether oxygens (including phenoxy) is 1. The fraction of sp³-hybridized carbons (Fsp3) is 0.308. The van der Waals surface area contributed by atoms with Crippen LogP contribution in [-0.2, 0) is 0 Å². The summed E-state index contributed by atoms with van der Waals surface area (Å²) in [5.74, 6) is 0.679. The van der Waals surface area contributed by atoms with Crippen molar-refractivity contribution in [1.29, 1.82) is 0 Å². The van der Waals surface area contributed by atoms with Crippen molar-refractivity contribution in [3.63, 3.8) is 0 Å². The maximum absolute atomic E-state index is 5.98. The van der Waals surface area contributed by atoms with Crippen LogP contribution >= 0.6 is 43.5 Å². The van der Waals surface area contributed by atoms with Gasteiger partial charge in [-0.1, -0.05) is 34.5 Å². The van der Waals surface area contributed by atoms with Gasteiger partial charge in [-0.25, -0.2) is 4.98 Å². The van der Waals surface area contributed by atoms with Crippen molar-refractivity contribution in [2.75, 3.05) is 6.54 Å². The van der Waals surface area contributed by atoms with Crippen LogP contribution in [0.1, 0.15) is 13.3 Å². The highest BCUT2D eigenvalue weighted by atomic mass is 79.9. The summed E-state index contributed by atoms with van der Waals surface area (Å²) in [7, 11) is 0. The zero-order chi connectivity index (χ0) is 14.0. The molecule has 1 heterocycles. The molecule has 6 heteroatoms. The standard InChI is InChI=1S/C13H13Br2ClN2O/c1-2-7(6-17)19-13-10(15)5-9(14)8-3-4-11(16)18-12(8)13/h3-5,7H,2,6,17H2,1H3. The molecule has 0 aliphatic carbocycles. The Balaban J connectivity index is 2.61. The molecule has 0 bridgehead atoms. The minimum atomic E-state index is -0.0403. The molecule has 19 heavy (non-hydrogen) atoms. The van der Waals surface area contributed by atoms with Gasteiger partial charge in [0.2, 0.25) is 0 Å². The normalized spacial score (nSPS) is 12.7. The number of benzene rings is 1. The van der Waals surface area contributed by atoms with Crippen LogP contribution in [-0.4, -0.2) is 17.6 Å². The lowest BCUT2D eigenvalue weighted by Gasteiger charge is -2.18. The zero-order valence-electron chi connectivity index (χ0n) is 10.3. The first-order valence-electron chi connectivity index (χ1n) is 5.87. The summed E-state index contributed by atoms with van der Waals surface area (Å²) in [5.41, 5.74) is 6.41. The topological polar surface area (TPSA) is 48.1 Å². The van der Waals surface area contributed by atoms with Gasteiger partial charge in [0.1, 0.15) is 16.8 Å². The largest absolute Gasteiger partial charge is 0.486 e. The maximum Gasteiger partial charge on any atom is 0.160 e. The summed E-state index contributed by atoms with van der Waals surface area (Å²) < 4.78 is 7.72. The van der Waals surface area contributed by atoms with E-state index in [0.717, 1.165) is 26.3 Å². The molecule has 0 aliphatic rings. The molecular weight excluding hydrogens is 395 g/mol. The Morgan fingerprint density at radius 2 is 2.11 bits per heavy atom. The molecule has 0 fully saturated rings. The molecule has 0 saturated heterocycles. The first-order chi connectivity index (χ1) is 9.06. The van der Waals surface area contributed by atoms with Crippen LogP contribution < -0.4 is 10.5 Å². The van der Waals surface area contributed by atoms with Gasteiger partial charge in [-0.3, -0.25) is 0 Å². The van der Waals surface area contributed by atoms with E-state index in [-0.39, 0.29) is 6.10 Å². The molecule has 102 valence electrons. The molecule has 1 aromatic carbocycles. The van der Waals surface area contributed by atoms with Crippen LogP contribution in [0.15, 0.2) is 27.1 Å². The van der Waals surface area contributed by atoms with Crippen LogP contribution in [0.4, 0.5) is 0 Å². The van der Waals surface area contributed by atoms with E-state index in [0.29, 0.717) is 17.4 Å². The van der Waals surface area contributed by atoms with Gasteiger partial charge in [0.05, 0.1) is 4.47 Å². The first-order valence-corrected chi connectivity index (χ1v) is 7.84. The Morgan fingerprint density at radius 1 is 1.37 bits per heavy atom. The van der Waals surface area contributed by atoms with Crippen LogP contribution in [0.3, 0.4) is 0 Å². The van der Waals surface area contributed by atoms with Gasteiger partial charge in [0.25, 0.3) is 0 Å². The Hall–Kier alpha value is -0.360. The molecular formula is C13H13Br2ClN2O. The minimum absolute atomic E-state index is 0.0403. The smallest absolute Gasteiger partial charge is 0.160 e. The monoisotopic (exact) mass is 406 g/mol. The van der Waals surface area contributed by atoms with Crippen molar-refractivity contribution < 1.29 is 4.74 Å². The lowest BCUT2D eigenvalue weighted by Crippen LogP contribution is -2.26. The summed E-state index contributed by atoms with van der Waals surface area (Å²) in [4.78, 5) is 4.36. The predicted molar refractivity (Wildman–Crippen MR) is 85.9 cm³/mol. The minimum Gasteiger partial charge on any atom is -0.486 e. The van der Waals surface area contributed by atoms with Crippen molar-refractivity contribution in [3.05, 3.63) is 32.3 Å². The third kappa shape index (κ3) is 3.21. The number of rotatable bonds is 4. The lowest BCUT2D eigenvalue weighted by molar-refractivity contribution is 0.206. The second-order valence-electron chi connectivity index (χ2n) is 4.08. The summed E-state index contributed by atoms with van der Waals surface area (Å²) in [6, 6.07) is 5.61. The summed E-state index contributed by atoms with van der Waals surface area (Å²) >= 11 is 13.0. The van der Waals surface area contributed by atoms with E-state index in [4.69, 9.17) is 22.1 Å². The highest BCUT2D eigenvalue weighted by Gasteiger charge is 2.16. The van der Waals surface area contributed by atoms with Crippen LogP contribution in [0, 0.1) is 0 Å². The van der Waals surface area contributed by atoms with Crippen LogP contribution in [0.25, 0.3) is 10.9 Å². The van der Waals surface area contributed by atoms with E-state index >= 15 is 0 Å². The lowest BCUT2D eigenvalue weighted by atomic mass is 10.2. The highest BCUT2D eigenvalue weighted by Crippen LogP contribution is 2.38.